The molecule has 0 aromatic rings. The Morgan fingerprint density at radius 1 is 1.50 bits per heavy atom. The van der Waals surface area contributed by atoms with Gasteiger partial charge in [-0.3, -0.25) is 4.79 Å². The van der Waals surface area contributed by atoms with E-state index in [-0.39, 0.29) is 11.5 Å². The molecule has 0 saturated carbocycles. The molecule has 1 rings (SSSR count). The van der Waals surface area contributed by atoms with Crippen molar-refractivity contribution in [2.75, 3.05) is 0 Å². The predicted molar refractivity (Wildman–Crippen MR) is 48.0 cm³/mol. The highest BCUT2D eigenvalue weighted by atomic mass is 16.3. The molecule has 1 aliphatic carbocycles. The Bertz CT molecular complexity index is 216. The first kappa shape index (κ1) is 9.30. The van der Waals surface area contributed by atoms with Crippen LogP contribution in [0.4, 0.5) is 0 Å². The Morgan fingerprint density at radius 2 is 2.17 bits per heavy atom. The second-order valence-corrected chi connectivity index (χ2v) is 3.46. The summed E-state index contributed by atoms with van der Waals surface area (Å²) < 4.78 is 0. The Balaban J connectivity index is 2.85. The van der Waals surface area contributed by atoms with E-state index in [0.717, 1.165) is 24.8 Å². The molecule has 12 heavy (non-hydrogen) atoms. The third kappa shape index (κ3) is 1.68. The molecule has 1 atom stereocenters. The van der Waals surface area contributed by atoms with Crippen LogP contribution in [0, 0.1) is 5.92 Å². The van der Waals surface area contributed by atoms with Crippen molar-refractivity contribution in [2.45, 2.75) is 39.5 Å². The molecular formula is C10H16O2. The number of Topliss-reactive ketones (excluding diaryl/α,β-unsaturated/α-hetero) is 1. The summed E-state index contributed by atoms with van der Waals surface area (Å²) in [5.41, 5.74) is 0.966. The Labute approximate surface area is 73.3 Å². The molecule has 68 valence electrons. The fraction of sp³-hybridized carbons (Fsp3) is 0.700. The molecule has 0 aliphatic heterocycles. The summed E-state index contributed by atoms with van der Waals surface area (Å²) in [7, 11) is 0. The van der Waals surface area contributed by atoms with Crippen molar-refractivity contribution in [1.29, 1.82) is 0 Å². The highest BCUT2D eigenvalue weighted by Crippen LogP contribution is 2.27. The summed E-state index contributed by atoms with van der Waals surface area (Å²) in [5.74, 6) is 0.335. The number of rotatable bonds is 2. The maximum Gasteiger partial charge on any atom is 0.197 e. The van der Waals surface area contributed by atoms with Crippen molar-refractivity contribution in [3.8, 4) is 0 Å². The van der Waals surface area contributed by atoms with Gasteiger partial charge >= 0.3 is 0 Å². The van der Waals surface area contributed by atoms with Crippen molar-refractivity contribution in [2.24, 2.45) is 5.92 Å². The summed E-state index contributed by atoms with van der Waals surface area (Å²) in [6.07, 6.45) is 3.31. The summed E-state index contributed by atoms with van der Waals surface area (Å²) in [4.78, 5) is 11.1. The van der Waals surface area contributed by atoms with Crippen LogP contribution in [0.1, 0.15) is 39.5 Å². The van der Waals surface area contributed by atoms with Gasteiger partial charge in [-0.15, -0.1) is 0 Å². The molecule has 0 fully saturated rings. The van der Waals surface area contributed by atoms with E-state index < -0.39 is 0 Å². The number of hydrogen-bond donors (Lipinski definition) is 1. The van der Waals surface area contributed by atoms with Gasteiger partial charge in [0.1, 0.15) is 0 Å². The largest absolute Gasteiger partial charge is 0.504 e. The molecule has 1 unspecified atom stereocenters. The number of carbonyl (C=O) groups excluding carboxylic acids is 1. The Morgan fingerprint density at radius 3 is 2.75 bits per heavy atom. The first-order chi connectivity index (χ1) is 5.66. The van der Waals surface area contributed by atoms with Gasteiger partial charge in [-0.1, -0.05) is 13.8 Å². The van der Waals surface area contributed by atoms with E-state index >= 15 is 0 Å². The van der Waals surface area contributed by atoms with Gasteiger partial charge in [0, 0.05) is 6.42 Å². The number of ketones is 1. The van der Waals surface area contributed by atoms with Crippen LogP contribution in [0.15, 0.2) is 11.3 Å². The lowest BCUT2D eigenvalue weighted by Gasteiger charge is -2.19. The molecule has 0 amide bonds. The van der Waals surface area contributed by atoms with Crippen LogP contribution in [-0.4, -0.2) is 10.9 Å². The first-order valence-corrected chi connectivity index (χ1v) is 4.62. The van der Waals surface area contributed by atoms with E-state index in [0.29, 0.717) is 12.3 Å². The van der Waals surface area contributed by atoms with E-state index in [1.807, 2.05) is 0 Å². The van der Waals surface area contributed by atoms with Gasteiger partial charge in [0.2, 0.25) is 0 Å². The van der Waals surface area contributed by atoms with Crippen molar-refractivity contribution in [3.63, 3.8) is 0 Å². The van der Waals surface area contributed by atoms with Crippen LogP contribution in [0.25, 0.3) is 0 Å². The highest BCUT2D eigenvalue weighted by molar-refractivity contribution is 5.94. The van der Waals surface area contributed by atoms with Crippen molar-refractivity contribution in [1.82, 2.24) is 0 Å². The average Bonchev–Trinajstić information content (AvgIpc) is 2.08. The third-order valence-electron chi connectivity index (χ3n) is 2.63. The fourth-order valence-electron chi connectivity index (χ4n) is 1.58. The highest BCUT2D eigenvalue weighted by Gasteiger charge is 2.22. The van der Waals surface area contributed by atoms with Crippen LogP contribution >= 0.6 is 0 Å². The van der Waals surface area contributed by atoms with Crippen LogP contribution in [0.5, 0.6) is 0 Å². The maximum absolute atomic E-state index is 11.1. The second-order valence-electron chi connectivity index (χ2n) is 3.46. The zero-order chi connectivity index (χ0) is 9.14. The summed E-state index contributed by atoms with van der Waals surface area (Å²) in [5, 5.41) is 9.47. The minimum atomic E-state index is -0.0726. The van der Waals surface area contributed by atoms with Gasteiger partial charge in [-0.2, -0.15) is 0 Å². The van der Waals surface area contributed by atoms with Crippen molar-refractivity contribution < 1.29 is 9.90 Å². The van der Waals surface area contributed by atoms with Crippen molar-refractivity contribution >= 4 is 5.78 Å². The van der Waals surface area contributed by atoms with Crippen molar-refractivity contribution in [3.05, 3.63) is 11.3 Å². The Kier molecular flexibility index (Phi) is 2.90. The number of carbonyl (C=O) groups is 1. The molecule has 0 saturated heterocycles. The van der Waals surface area contributed by atoms with Gasteiger partial charge in [0.15, 0.2) is 11.5 Å². The second kappa shape index (κ2) is 3.74. The zero-order valence-electron chi connectivity index (χ0n) is 7.76. The summed E-state index contributed by atoms with van der Waals surface area (Å²) >= 11 is 0. The van der Waals surface area contributed by atoms with E-state index in [2.05, 4.69) is 13.8 Å². The number of hydrogen-bond acceptors (Lipinski definition) is 2. The summed E-state index contributed by atoms with van der Waals surface area (Å²) in [6.45, 7) is 4.13. The quantitative estimate of drug-likeness (QED) is 0.688. The SMILES string of the molecule is CCC(C)C1=C(O)C(=O)CCC1. The van der Waals surface area contributed by atoms with E-state index in [1.54, 1.807) is 0 Å². The molecule has 1 N–H and O–H groups in total. The molecule has 1 aliphatic rings. The van der Waals surface area contributed by atoms with Gasteiger partial charge in [0.05, 0.1) is 0 Å². The molecule has 0 aromatic heterocycles. The molecule has 0 radical (unpaired) electrons. The van der Waals surface area contributed by atoms with Gasteiger partial charge in [0.25, 0.3) is 0 Å². The lowest BCUT2D eigenvalue weighted by Crippen LogP contribution is -2.15. The molecule has 0 bridgehead atoms. The lowest BCUT2D eigenvalue weighted by atomic mass is 9.87. The first-order valence-electron chi connectivity index (χ1n) is 4.62. The molecule has 0 heterocycles. The van der Waals surface area contributed by atoms with Gasteiger partial charge in [-0.05, 0) is 30.8 Å². The topological polar surface area (TPSA) is 37.3 Å². The normalized spacial score (nSPS) is 21.3. The molecule has 2 nitrogen and oxygen atoms in total. The molecule has 0 spiro atoms. The molecule has 0 aromatic carbocycles. The van der Waals surface area contributed by atoms with E-state index in [4.69, 9.17) is 0 Å². The average molecular weight is 168 g/mol. The number of allylic oxidation sites excluding steroid dienone is 2. The van der Waals surface area contributed by atoms with Crippen LogP contribution in [-0.2, 0) is 4.79 Å². The predicted octanol–water partition coefficient (Wildman–Crippen LogP) is 2.60. The summed E-state index contributed by atoms with van der Waals surface area (Å²) in [6, 6.07) is 0. The Hall–Kier alpha value is -0.790. The minimum Gasteiger partial charge on any atom is -0.504 e. The van der Waals surface area contributed by atoms with Crippen LogP contribution in [0.3, 0.4) is 0 Å². The van der Waals surface area contributed by atoms with Crippen LogP contribution in [0.2, 0.25) is 0 Å². The smallest absolute Gasteiger partial charge is 0.197 e. The van der Waals surface area contributed by atoms with Gasteiger partial charge < -0.3 is 5.11 Å². The van der Waals surface area contributed by atoms with Gasteiger partial charge in [-0.25, -0.2) is 0 Å². The standard InChI is InChI=1S/C10H16O2/c1-3-7(2)8-5-4-6-9(11)10(8)12/h7,12H,3-6H2,1-2H3. The minimum absolute atomic E-state index is 0.0515. The number of aliphatic hydroxyl groups is 1. The van der Waals surface area contributed by atoms with Crippen LogP contribution < -0.4 is 0 Å². The van der Waals surface area contributed by atoms with E-state index in [1.165, 1.54) is 0 Å². The number of aliphatic hydroxyl groups excluding tert-OH is 1. The lowest BCUT2D eigenvalue weighted by molar-refractivity contribution is -0.118. The zero-order valence-corrected chi connectivity index (χ0v) is 7.76. The van der Waals surface area contributed by atoms with E-state index in [9.17, 15) is 9.90 Å². The fourth-order valence-corrected chi connectivity index (χ4v) is 1.58. The monoisotopic (exact) mass is 168 g/mol. The maximum atomic E-state index is 11.1. The molecule has 2 heteroatoms. The molecular weight excluding hydrogens is 152 g/mol. The third-order valence-corrected chi connectivity index (χ3v) is 2.63.